The summed E-state index contributed by atoms with van der Waals surface area (Å²) in [7, 11) is 0. The van der Waals surface area contributed by atoms with E-state index in [-0.39, 0.29) is 18.0 Å². The molecule has 3 heterocycles. The minimum absolute atomic E-state index is 0.0248. The number of halogens is 1. The second kappa shape index (κ2) is 10.8. The van der Waals surface area contributed by atoms with E-state index in [1.807, 2.05) is 30.3 Å². The first-order chi connectivity index (χ1) is 16.1. The lowest BCUT2D eigenvalue weighted by Gasteiger charge is -2.32. The summed E-state index contributed by atoms with van der Waals surface area (Å²) in [6.45, 7) is 1.43. The third kappa shape index (κ3) is 6.43. The summed E-state index contributed by atoms with van der Waals surface area (Å²) in [6, 6.07) is 15.7. The molecule has 2 N–H and O–H groups in total. The van der Waals surface area contributed by atoms with Crippen LogP contribution in [0.2, 0.25) is 5.02 Å². The van der Waals surface area contributed by atoms with Crippen LogP contribution in [-0.4, -0.2) is 46.0 Å². The van der Waals surface area contributed by atoms with Crippen LogP contribution in [0.5, 0.6) is 5.75 Å². The summed E-state index contributed by atoms with van der Waals surface area (Å²) in [5.74, 6) is 0.785. The Labute approximate surface area is 196 Å². The zero-order chi connectivity index (χ0) is 23.0. The third-order valence-corrected chi connectivity index (χ3v) is 5.48. The molecule has 0 radical (unpaired) electrons. The van der Waals surface area contributed by atoms with Gasteiger partial charge in [0, 0.05) is 48.9 Å². The predicted molar refractivity (Wildman–Crippen MR) is 125 cm³/mol. The zero-order valence-corrected chi connectivity index (χ0v) is 18.7. The minimum atomic E-state index is -0.266. The number of anilines is 1. The molecule has 1 aromatic carbocycles. The Morgan fingerprint density at radius 3 is 2.64 bits per heavy atom. The number of hydrogen-bond donors (Lipinski definition) is 2. The van der Waals surface area contributed by atoms with Crippen molar-refractivity contribution in [2.24, 2.45) is 0 Å². The quantitative estimate of drug-likeness (QED) is 0.570. The van der Waals surface area contributed by atoms with E-state index in [0.29, 0.717) is 48.9 Å². The Kier molecular flexibility index (Phi) is 7.36. The van der Waals surface area contributed by atoms with E-state index in [4.69, 9.17) is 16.3 Å². The van der Waals surface area contributed by atoms with Crippen molar-refractivity contribution in [2.75, 3.05) is 18.4 Å². The number of urea groups is 1. The van der Waals surface area contributed by atoms with Gasteiger partial charge in [-0.05, 0) is 42.5 Å². The van der Waals surface area contributed by atoms with Crippen LogP contribution in [0, 0.1) is 0 Å². The number of nitrogens with one attached hydrogen (secondary N) is 2. The number of likely N-dealkylation sites (tertiary alicyclic amines) is 1. The fraction of sp³-hybridized carbons (Fsp3) is 0.250. The van der Waals surface area contributed by atoms with Gasteiger partial charge in [0.15, 0.2) is 0 Å². The smallest absolute Gasteiger partial charge is 0.323 e. The molecule has 1 aliphatic heterocycles. The SMILES string of the molecule is O=C(NCc1ccccn1)c1ccnc(NC(=O)N2CCC(Oc3cccc(Cl)c3)CC2)c1. The monoisotopic (exact) mass is 465 g/mol. The second-order valence-corrected chi connectivity index (χ2v) is 8.06. The number of pyridine rings is 2. The van der Waals surface area contributed by atoms with Gasteiger partial charge in [0.2, 0.25) is 0 Å². The molecule has 0 aliphatic carbocycles. The van der Waals surface area contributed by atoms with Crippen LogP contribution in [0.15, 0.2) is 67.0 Å². The highest BCUT2D eigenvalue weighted by Crippen LogP contribution is 2.22. The van der Waals surface area contributed by atoms with Crippen LogP contribution in [0.3, 0.4) is 0 Å². The van der Waals surface area contributed by atoms with Gasteiger partial charge in [-0.1, -0.05) is 23.7 Å². The normalized spacial score (nSPS) is 13.9. The number of hydrogen-bond acceptors (Lipinski definition) is 5. The molecular weight excluding hydrogens is 442 g/mol. The molecule has 2 aromatic heterocycles. The highest BCUT2D eigenvalue weighted by atomic mass is 35.5. The Morgan fingerprint density at radius 2 is 1.88 bits per heavy atom. The maximum Gasteiger partial charge on any atom is 0.323 e. The van der Waals surface area contributed by atoms with Crippen molar-refractivity contribution in [1.82, 2.24) is 20.2 Å². The number of rotatable bonds is 6. The van der Waals surface area contributed by atoms with Gasteiger partial charge in [-0.15, -0.1) is 0 Å². The van der Waals surface area contributed by atoms with Gasteiger partial charge in [-0.3, -0.25) is 15.1 Å². The number of carbonyl (C=O) groups is 2. The molecule has 8 nitrogen and oxygen atoms in total. The molecule has 0 unspecified atom stereocenters. The molecular formula is C24H24ClN5O3. The number of piperidine rings is 1. The van der Waals surface area contributed by atoms with Crippen LogP contribution >= 0.6 is 11.6 Å². The maximum absolute atomic E-state index is 12.7. The molecule has 9 heteroatoms. The number of aromatic nitrogens is 2. The number of amides is 3. The third-order valence-electron chi connectivity index (χ3n) is 5.24. The summed E-state index contributed by atoms with van der Waals surface area (Å²) in [6.07, 6.45) is 4.62. The predicted octanol–water partition coefficient (Wildman–Crippen LogP) is 4.14. The van der Waals surface area contributed by atoms with Gasteiger partial charge in [0.25, 0.3) is 5.91 Å². The molecule has 3 aromatic rings. The molecule has 1 fully saturated rings. The molecule has 0 spiro atoms. The first-order valence-corrected chi connectivity index (χ1v) is 11.1. The maximum atomic E-state index is 12.7. The summed E-state index contributed by atoms with van der Waals surface area (Å²) >= 11 is 6.01. The highest BCUT2D eigenvalue weighted by Gasteiger charge is 2.24. The van der Waals surface area contributed by atoms with Crippen molar-refractivity contribution in [2.45, 2.75) is 25.5 Å². The van der Waals surface area contributed by atoms with Gasteiger partial charge >= 0.3 is 6.03 Å². The fourth-order valence-electron chi connectivity index (χ4n) is 3.51. The summed E-state index contributed by atoms with van der Waals surface area (Å²) in [5, 5.41) is 6.22. The van der Waals surface area contributed by atoms with Crippen LogP contribution in [0.25, 0.3) is 0 Å². The number of benzene rings is 1. The van der Waals surface area contributed by atoms with Crippen molar-refractivity contribution in [1.29, 1.82) is 0 Å². The van der Waals surface area contributed by atoms with E-state index in [0.717, 1.165) is 11.4 Å². The van der Waals surface area contributed by atoms with Crippen molar-refractivity contribution >= 4 is 29.4 Å². The molecule has 0 atom stereocenters. The Hall–Kier alpha value is -3.65. The van der Waals surface area contributed by atoms with Crippen molar-refractivity contribution in [3.05, 3.63) is 83.3 Å². The first kappa shape index (κ1) is 22.5. The van der Waals surface area contributed by atoms with Gasteiger partial charge < -0.3 is 15.0 Å². The average Bonchev–Trinajstić information content (AvgIpc) is 2.84. The molecule has 170 valence electrons. The minimum Gasteiger partial charge on any atom is -0.490 e. The van der Waals surface area contributed by atoms with Crippen LogP contribution in [-0.2, 0) is 6.54 Å². The Bertz CT molecular complexity index is 1100. The number of carbonyl (C=O) groups excluding carboxylic acids is 2. The van der Waals surface area contributed by atoms with Gasteiger partial charge in [-0.2, -0.15) is 0 Å². The van der Waals surface area contributed by atoms with Crippen molar-refractivity contribution in [3.8, 4) is 5.75 Å². The van der Waals surface area contributed by atoms with Crippen LogP contribution < -0.4 is 15.4 Å². The second-order valence-electron chi connectivity index (χ2n) is 7.63. The highest BCUT2D eigenvalue weighted by molar-refractivity contribution is 6.30. The summed E-state index contributed by atoms with van der Waals surface area (Å²) in [5.41, 5.74) is 1.17. The van der Waals surface area contributed by atoms with Gasteiger partial charge in [-0.25, -0.2) is 9.78 Å². The van der Waals surface area contributed by atoms with E-state index < -0.39 is 0 Å². The average molecular weight is 466 g/mol. The van der Waals surface area contributed by atoms with E-state index in [2.05, 4.69) is 20.6 Å². The Morgan fingerprint density at radius 1 is 1.03 bits per heavy atom. The lowest BCUT2D eigenvalue weighted by molar-refractivity contribution is 0.0950. The molecule has 33 heavy (non-hydrogen) atoms. The van der Waals surface area contributed by atoms with Crippen LogP contribution in [0.4, 0.5) is 10.6 Å². The van der Waals surface area contributed by atoms with E-state index in [1.54, 1.807) is 35.4 Å². The molecule has 1 aliphatic rings. The van der Waals surface area contributed by atoms with E-state index in [1.165, 1.54) is 6.20 Å². The van der Waals surface area contributed by atoms with Crippen molar-refractivity contribution < 1.29 is 14.3 Å². The molecule has 0 saturated carbocycles. The zero-order valence-electron chi connectivity index (χ0n) is 17.9. The molecule has 4 rings (SSSR count). The molecule has 3 amide bonds. The fourth-order valence-corrected chi connectivity index (χ4v) is 3.69. The van der Waals surface area contributed by atoms with Crippen molar-refractivity contribution in [3.63, 3.8) is 0 Å². The molecule has 0 bridgehead atoms. The van der Waals surface area contributed by atoms with Gasteiger partial charge in [0.05, 0.1) is 12.2 Å². The number of ether oxygens (including phenoxy) is 1. The lowest BCUT2D eigenvalue weighted by atomic mass is 10.1. The van der Waals surface area contributed by atoms with E-state index >= 15 is 0 Å². The largest absolute Gasteiger partial charge is 0.490 e. The summed E-state index contributed by atoms with van der Waals surface area (Å²) < 4.78 is 5.98. The Balaban J connectivity index is 1.27. The standard InChI is InChI=1S/C24H24ClN5O3/c25-18-4-3-6-21(15-18)33-20-8-12-30(13-9-20)24(32)29-22-14-17(7-11-27-22)23(31)28-16-19-5-1-2-10-26-19/h1-7,10-11,14-15,20H,8-9,12-13,16H2,(H,28,31)(H,27,29,32). The number of nitrogens with zero attached hydrogens (tertiary/aromatic N) is 3. The lowest BCUT2D eigenvalue weighted by Crippen LogP contribution is -2.43. The van der Waals surface area contributed by atoms with Crippen LogP contribution in [0.1, 0.15) is 28.9 Å². The van der Waals surface area contributed by atoms with E-state index in [9.17, 15) is 9.59 Å². The first-order valence-electron chi connectivity index (χ1n) is 10.7. The summed E-state index contributed by atoms with van der Waals surface area (Å²) in [4.78, 5) is 35.2. The topological polar surface area (TPSA) is 96.4 Å². The molecule has 1 saturated heterocycles. The van der Waals surface area contributed by atoms with Gasteiger partial charge in [0.1, 0.15) is 17.7 Å².